The normalized spacial score (nSPS) is 15.2. The van der Waals surface area contributed by atoms with Gasteiger partial charge in [0.15, 0.2) is 0 Å². The quantitative estimate of drug-likeness (QED) is 0.423. The average molecular weight is 478 g/mol. The molecule has 1 heterocycles. The van der Waals surface area contributed by atoms with Crippen molar-refractivity contribution in [3.8, 4) is 0 Å². The number of para-hydroxylation sites is 1. The number of hydroxylamine groups is 1. The number of aryl methyl sites for hydroxylation is 1. The molecule has 1 aliphatic rings. The van der Waals surface area contributed by atoms with Crippen molar-refractivity contribution in [2.75, 3.05) is 12.2 Å². The summed E-state index contributed by atoms with van der Waals surface area (Å²) in [5.74, 6) is 0.565. The fourth-order valence-corrected chi connectivity index (χ4v) is 4.02. The Morgan fingerprint density at radius 3 is 2.21 bits per heavy atom. The van der Waals surface area contributed by atoms with Crippen LogP contribution < -0.4 is 5.06 Å². The molecule has 0 saturated carbocycles. The Balaban J connectivity index is 0.000000248. The van der Waals surface area contributed by atoms with E-state index in [1.54, 1.807) is 19.2 Å². The number of benzene rings is 3. The number of fused-ring (bicyclic) bond motifs is 1. The van der Waals surface area contributed by atoms with Crippen molar-refractivity contribution in [3.05, 3.63) is 107 Å². The number of anilines is 1. The summed E-state index contributed by atoms with van der Waals surface area (Å²) in [7, 11) is -2.30. The van der Waals surface area contributed by atoms with E-state index >= 15 is 0 Å². The number of rotatable bonds is 5. The van der Waals surface area contributed by atoms with Crippen molar-refractivity contribution in [1.29, 1.82) is 0 Å². The molecule has 0 spiro atoms. The van der Waals surface area contributed by atoms with Crippen LogP contribution in [-0.4, -0.2) is 26.1 Å². The highest BCUT2D eigenvalue weighted by Crippen LogP contribution is 2.29. The molecule has 34 heavy (non-hydrogen) atoms. The summed E-state index contributed by atoms with van der Waals surface area (Å²) < 4.78 is 29.6. The zero-order valence-electron chi connectivity index (χ0n) is 19.9. The maximum absolute atomic E-state index is 10.5. The van der Waals surface area contributed by atoms with Crippen molar-refractivity contribution in [1.82, 2.24) is 0 Å². The SMILES string of the molecule is CON1c2ccccc2C=CC1C=Cc1ccc(C(C)C)cc1.Cc1ccc(S(=O)(=O)O)cc1. The Hall–Kier alpha value is -3.19. The van der Waals surface area contributed by atoms with Gasteiger partial charge >= 0.3 is 0 Å². The Bertz CT molecular complexity index is 1240. The molecule has 0 saturated heterocycles. The highest BCUT2D eigenvalue weighted by Gasteiger charge is 2.20. The summed E-state index contributed by atoms with van der Waals surface area (Å²) in [6, 6.07) is 23.1. The van der Waals surface area contributed by atoms with Crippen molar-refractivity contribution in [3.63, 3.8) is 0 Å². The summed E-state index contributed by atoms with van der Waals surface area (Å²) >= 11 is 0. The van der Waals surface area contributed by atoms with E-state index in [-0.39, 0.29) is 10.9 Å². The van der Waals surface area contributed by atoms with Crippen LogP contribution in [0.25, 0.3) is 12.2 Å². The molecule has 0 aliphatic carbocycles. The predicted molar refractivity (Wildman–Crippen MR) is 139 cm³/mol. The highest BCUT2D eigenvalue weighted by atomic mass is 32.2. The van der Waals surface area contributed by atoms with Gasteiger partial charge in [0.2, 0.25) is 0 Å². The third-order valence-electron chi connectivity index (χ3n) is 5.52. The summed E-state index contributed by atoms with van der Waals surface area (Å²) in [6.07, 6.45) is 8.63. The van der Waals surface area contributed by atoms with E-state index in [4.69, 9.17) is 9.39 Å². The first kappa shape index (κ1) is 25.4. The van der Waals surface area contributed by atoms with E-state index in [9.17, 15) is 8.42 Å². The van der Waals surface area contributed by atoms with Crippen LogP contribution in [0.15, 0.2) is 89.8 Å². The monoisotopic (exact) mass is 477 g/mol. The van der Waals surface area contributed by atoms with Gasteiger partial charge in [0.1, 0.15) is 0 Å². The molecule has 6 heteroatoms. The van der Waals surface area contributed by atoms with Gasteiger partial charge in [0.25, 0.3) is 10.1 Å². The second-order valence-electron chi connectivity index (χ2n) is 8.39. The molecule has 4 rings (SSSR count). The first-order valence-corrected chi connectivity index (χ1v) is 12.6. The van der Waals surface area contributed by atoms with Crippen LogP contribution >= 0.6 is 0 Å². The van der Waals surface area contributed by atoms with Gasteiger partial charge in [-0.05, 0) is 47.7 Å². The molecule has 178 valence electrons. The first-order chi connectivity index (χ1) is 16.2. The zero-order chi connectivity index (χ0) is 24.7. The van der Waals surface area contributed by atoms with Gasteiger partial charge in [-0.1, -0.05) is 98.3 Å². The van der Waals surface area contributed by atoms with Gasteiger partial charge in [-0.15, -0.1) is 0 Å². The predicted octanol–water partition coefficient (Wildman–Crippen LogP) is 6.53. The molecule has 1 atom stereocenters. The van der Waals surface area contributed by atoms with Crippen molar-refractivity contribution in [2.45, 2.75) is 37.6 Å². The molecule has 0 amide bonds. The van der Waals surface area contributed by atoms with Gasteiger partial charge in [0, 0.05) is 0 Å². The van der Waals surface area contributed by atoms with Crippen LogP contribution in [0.3, 0.4) is 0 Å². The molecule has 1 N–H and O–H groups in total. The molecule has 1 unspecified atom stereocenters. The van der Waals surface area contributed by atoms with E-state index < -0.39 is 10.1 Å². The van der Waals surface area contributed by atoms with Crippen molar-refractivity contribution in [2.24, 2.45) is 0 Å². The maximum atomic E-state index is 10.5. The number of hydrogen-bond acceptors (Lipinski definition) is 4. The van der Waals surface area contributed by atoms with Crippen LogP contribution in [0.2, 0.25) is 0 Å². The van der Waals surface area contributed by atoms with Crippen molar-refractivity contribution < 1.29 is 17.8 Å². The standard InChI is InChI=1S/C21H23NO.C7H8O3S/c1-16(2)18-11-8-17(9-12-18)10-14-20-15-13-19-6-4-5-7-21(19)22(20)23-3;1-6-2-4-7(5-3-6)11(8,9)10/h4-16,20H,1-3H3;2-5H,1H3,(H,8,9,10). The summed E-state index contributed by atoms with van der Waals surface area (Å²) in [5.41, 5.74) is 5.81. The summed E-state index contributed by atoms with van der Waals surface area (Å²) in [6.45, 7) is 6.27. The smallest absolute Gasteiger partial charge is 0.282 e. The third-order valence-corrected chi connectivity index (χ3v) is 6.39. The second kappa shape index (κ2) is 11.3. The van der Waals surface area contributed by atoms with Gasteiger partial charge in [-0.2, -0.15) is 8.42 Å². The van der Waals surface area contributed by atoms with Crippen LogP contribution in [0.1, 0.15) is 42.0 Å². The van der Waals surface area contributed by atoms with E-state index in [0.717, 1.165) is 11.3 Å². The molecule has 0 fully saturated rings. The molecule has 0 radical (unpaired) electrons. The Kier molecular flexibility index (Phi) is 8.45. The van der Waals surface area contributed by atoms with E-state index in [1.807, 2.05) is 24.1 Å². The highest BCUT2D eigenvalue weighted by molar-refractivity contribution is 7.85. The van der Waals surface area contributed by atoms with Crippen LogP contribution in [0.4, 0.5) is 5.69 Å². The summed E-state index contributed by atoms with van der Waals surface area (Å²) in [4.78, 5) is 5.53. The minimum atomic E-state index is -4.02. The maximum Gasteiger partial charge on any atom is 0.294 e. The molecular formula is C28H31NO4S. The third kappa shape index (κ3) is 6.67. The second-order valence-corrected chi connectivity index (χ2v) is 9.81. The molecule has 0 aromatic heterocycles. The molecule has 3 aromatic carbocycles. The molecule has 3 aromatic rings. The molecule has 5 nitrogen and oxygen atoms in total. The number of hydrogen-bond donors (Lipinski definition) is 1. The molecular weight excluding hydrogens is 446 g/mol. The first-order valence-electron chi connectivity index (χ1n) is 11.1. The van der Waals surface area contributed by atoms with Crippen LogP contribution in [0, 0.1) is 6.92 Å². The van der Waals surface area contributed by atoms with Crippen molar-refractivity contribution >= 4 is 28.0 Å². The minimum Gasteiger partial charge on any atom is -0.282 e. The topological polar surface area (TPSA) is 66.8 Å². The largest absolute Gasteiger partial charge is 0.294 e. The summed E-state index contributed by atoms with van der Waals surface area (Å²) in [5, 5.41) is 1.94. The van der Waals surface area contributed by atoms with Gasteiger partial charge in [0.05, 0.1) is 23.7 Å². The lowest BCUT2D eigenvalue weighted by atomic mass is 10.0. The Labute approximate surface area is 202 Å². The lowest BCUT2D eigenvalue weighted by molar-refractivity contribution is 0.160. The zero-order valence-corrected chi connectivity index (χ0v) is 20.7. The van der Waals surface area contributed by atoms with Gasteiger partial charge in [-0.3, -0.25) is 9.39 Å². The lowest BCUT2D eigenvalue weighted by Gasteiger charge is -2.31. The van der Waals surface area contributed by atoms with E-state index in [1.165, 1.54) is 28.8 Å². The van der Waals surface area contributed by atoms with E-state index in [2.05, 4.69) is 74.5 Å². The van der Waals surface area contributed by atoms with Gasteiger partial charge in [-0.25, -0.2) is 5.06 Å². The minimum absolute atomic E-state index is 0.0666. The fraction of sp³-hybridized carbons (Fsp3) is 0.214. The van der Waals surface area contributed by atoms with Crippen LogP contribution in [0.5, 0.6) is 0 Å². The fourth-order valence-electron chi connectivity index (χ4n) is 3.54. The van der Waals surface area contributed by atoms with Gasteiger partial charge < -0.3 is 0 Å². The average Bonchev–Trinajstić information content (AvgIpc) is 2.82. The number of nitrogens with zero attached hydrogens (tertiary/aromatic N) is 1. The van der Waals surface area contributed by atoms with Crippen LogP contribution in [-0.2, 0) is 15.0 Å². The Morgan fingerprint density at radius 1 is 0.971 bits per heavy atom. The molecule has 1 aliphatic heterocycles. The molecule has 0 bridgehead atoms. The Morgan fingerprint density at radius 2 is 1.62 bits per heavy atom. The van der Waals surface area contributed by atoms with E-state index in [0.29, 0.717) is 5.92 Å². The lowest BCUT2D eigenvalue weighted by Crippen LogP contribution is -2.33.